The third-order valence-corrected chi connectivity index (χ3v) is 3.54. The van der Waals surface area contributed by atoms with Crippen molar-refractivity contribution in [3.05, 3.63) is 29.8 Å². The van der Waals surface area contributed by atoms with Gasteiger partial charge in [-0.25, -0.2) is 0 Å². The summed E-state index contributed by atoms with van der Waals surface area (Å²) in [7, 11) is 0. The van der Waals surface area contributed by atoms with Crippen LogP contribution in [0.2, 0.25) is 0 Å². The number of benzene rings is 1. The highest BCUT2D eigenvalue weighted by Crippen LogP contribution is 2.38. The zero-order valence-corrected chi connectivity index (χ0v) is 9.52. The van der Waals surface area contributed by atoms with Crippen LogP contribution in [0, 0.1) is 0 Å². The Bertz CT molecular complexity index is 352. The van der Waals surface area contributed by atoms with E-state index in [0.29, 0.717) is 12.7 Å². The molecule has 0 N–H and O–H groups in total. The molecule has 0 spiro atoms. The van der Waals surface area contributed by atoms with Gasteiger partial charge in [-0.2, -0.15) is 0 Å². The van der Waals surface area contributed by atoms with Crippen LogP contribution in [0.15, 0.2) is 24.3 Å². The molecule has 2 heteroatoms. The Morgan fingerprint density at radius 3 is 2.69 bits per heavy atom. The lowest BCUT2D eigenvalue weighted by atomic mass is 9.97. The Morgan fingerprint density at radius 1 is 1.19 bits per heavy atom. The second kappa shape index (κ2) is 4.46. The molecule has 0 aromatic heterocycles. The molecule has 1 heterocycles. The molecule has 0 amide bonds. The SMILES string of the molecule is c1ccc(C2CCCC2)c(OCC2CO2)c1. The topological polar surface area (TPSA) is 21.8 Å². The van der Waals surface area contributed by atoms with Gasteiger partial charge in [0.1, 0.15) is 18.5 Å². The summed E-state index contributed by atoms with van der Waals surface area (Å²) in [6.07, 6.45) is 5.72. The molecular formula is C14H18O2. The number of para-hydroxylation sites is 1. The average Bonchev–Trinajstić information content (AvgIpc) is 3.00. The monoisotopic (exact) mass is 218 g/mol. The molecule has 1 saturated heterocycles. The van der Waals surface area contributed by atoms with E-state index in [0.717, 1.165) is 18.3 Å². The van der Waals surface area contributed by atoms with E-state index in [1.807, 2.05) is 0 Å². The molecule has 1 aromatic carbocycles. The van der Waals surface area contributed by atoms with Gasteiger partial charge in [0.05, 0.1) is 6.61 Å². The van der Waals surface area contributed by atoms with Gasteiger partial charge in [-0.05, 0) is 30.4 Å². The lowest BCUT2D eigenvalue weighted by molar-refractivity contribution is 0.260. The molecule has 2 fully saturated rings. The zero-order chi connectivity index (χ0) is 10.8. The Labute approximate surface area is 96.6 Å². The molecule has 2 aliphatic rings. The Hall–Kier alpha value is -1.02. The first kappa shape index (κ1) is 10.2. The van der Waals surface area contributed by atoms with Crippen LogP contribution in [0.1, 0.15) is 37.2 Å². The van der Waals surface area contributed by atoms with Crippen LogP contribution < -0.4 is 4.74 Å². The summed E-state index contributed by atoms with van der Waals surface area (Å²) in [6, 6.07) is 8.49. The van der Waals surface area contributed by atoms with Crippen LogP contribution >= 0.6 is 0 Å². The summed E-state index contributed by atoms with van der Waals surface area (Å²) in [5, 5.41) is 0. The highest BCUT2D eigenvalue weighted by Gasteiger charge is 2.25. The van der Waals surface area contributed by atoms with Crippen LogP contribution in [-0.2, 0) is 4.74 Å². The molecular weight excluding hydrogens is 200 g/mol. The largest absolute Gasteiger partial charge is 0.490 e. The molecule has 0 radical (unpaired) electrons. The number of ether oxygens (including phenoxy) is 2. The van der Waals surface area contributed by atoms with Crippen molar-refractivity contribution in [3.63, 3.8) is 0 Å². The fraction of sp³-hybridized carbons (Fsp3) is 0.571. The van der Waals surface area contributed by atoms with Crippen molar-refractivity contribution >= 4 is 0 Å². The van der Waals surface area contributed by atoms with Gasteiger partial charge in [0.15, 0.2) is 0 Å². The summed E-state index contributed by atoms with van der Waals surface area (Å²) in [5.74, 6) is 1.79. The van der Waals surface area contributed by atoms with E-state index in [9.17, 15) is 0 Å². The second-order valence-corrected chi connectivity index (χ2v) is 4.79. The predicted molar refractivity (Wildman–Crippen MR) is 62.9 cm³/mol. The van der Waals surface area contributed by atoms with Crippen molar-refractivity contribution in [3.8, 4) is 5.75 Å². The molecule has 1 aromatic rings. The first-order valence-corrected chi connectivity index (χ1v) is 6.27. The smallest absolute Gasteiger partial charge is 0.122 e. The normalized spacial score (nSPS) is 24.6. The van der Waals surface area contributed by atoms with Crippen molar-refractivity contribution in [1.82, 2.24) is 0 Å². The van der Waals surface area contributed by atoms with E-state index in [1.165, 1.54) is 31.2 Å². The van der Waals surface area contributed by atoms with Gasteiger partial charge in [0.25, 0.3) is 0 Å². The third-order valence-electron chi connectivity index (χ3n) is 3.54. The first-order valence-electron chi connectivity index (χ1n) is 6.27. The van der Waals surface area contributed by atoms with Crippen molar-refractivity contribution in [2.45, 2.75) is 37.7 Å². The number of hydrogen-bond donors (Lipinski definition) is 0. The molecule has 1 atom stereocenters. The quantitative estimate of drug-likeness (QED) is 0.724. The maximum Gasteiger partial charge on any atom is 0.122 e. The Kier molecular flexibility index (Phi) is 2.83. The van der Waals surface area contributed by atoms with Crippen LogP contribution in [-0.4, -0.2) is 19.3 Å². The van der Waals surface area contributed by atoms with Crippen molar-refractivity contribution in [2.75, 3.05) is 13.2 Å². The second-order valence-electron chi connectivity index (χ2n) is 4.79. The van der Waals surface area contributed by atoms with Crippen LogP contribution in [0.3, 0.4) is 0 Å². The highest BCUT2D eigenvalue weighted by atomic mass is 16.6. The maximum absolute atomic E-state index is 5.85. The molecule has 1 aliphatic heterocycles. The van der Waals surface area contributed by atoms with E-state index in [4.69, 9.17) is 9.47 Å². The summed E-state index contributed by atoms with van der Waals surface area (Å²) in [4.78, 5) is 0. The minimum atomic E-state index is 0.344. The number of hydrogen-bond acceptors (Lipinski definition) is 2. The van der Waals surface area contributed by atoms with Crippen molar-refractivity contribution in [1.29, 1.82) is 0 Å². The van der Waals surface area contributed by atoms with E-state index in [-0.39, 0.29) is 0 Å². The number of rotatable bonds is 4. The zero-order valence-electron chi connectivity index (χ0n) is 9.52. The average molecular weight is 218 g/mol. The molecule has 16 heavy (non-hydrogen) atoms. The van der Waals surface area contributed by atoms with Gasteiger partial charge in [0, 0.05) is 0 Å². The molecule has 1 unspecified atom stereocenters. The third kappa shape index (κ3) is 2.22. The first-order chi connectivity index (χ1) is 7.93. The lowest BCUT2D eigenvalue weighted by Crippen LogP contribution is -2.06. The predicted octanol–water partition coefficient (Wildman–Crippen LogP) is 3.12. The van der Waals surface area contributed by atoms with Crippen molar-refractivity contribution < 1.29 is 9.47 Å². The van der Waals surface area contributed by atoms with E-state index in [2.05, 4.69) is 24.3 Å². The molecule has 3 rings (SSSR count). The van der Waals surface area contributed by atoms with Gasteiger partial charge in [-0.3, -0.25) is 0 Å². The van der Waals surface area contributed by atoms with Gasteiger partial charge in [-0.1, -0.05) is 31.0 Å². The fourth-order valence-corrected chi connectivity index (χ4v) is 2.53. The standard InChI is InChI=1S/C14H18O2/c1-2-6-11(5-1)13-7-3-4-8-14(13)16-10-12-9-15-12/h3-4,7-8,11-12H,1-2,5-6,9-10H2. The summed E-state index contributed by atoms with van der Waals surface area (Å²) in [6.45, 7) is 1.58. The summed E-state index contributed by atoms with van der Waals surface area (Å²) in [5.41, 5.74) is 1.40. The van der Waals surface area contributed by atoms with Crippen LogP contribution in [0.5, 0.6) is 5.75 Å². The molecule has 86 valence electrons. The van der Waals surface area contributed by atoms with E-state index >= 15 is 0 Å². The lowest BCUT2D eigenvalue weighted by Gasteiger charge is -2.15. The number of epoxide rings is 1. The highest BCUT2D eigenvalue weighted by molar-refractivity contribution is 5.36. The van der Waals surface area contributed by atoms with Gasteiger partial charge >= 0.3 is 0 Å². The van der Waals surface area contributed by atoms with E-state index in [1.54, 1.807) is 0 Å². The van der Waals surface area contributed by atoms with Crippen LogP contribution in [0.4, 0.5) is 0 Å². The van der Waals surface area contributed by atoms with Gasteiger partial charge in [0.2, 0.25) is 0 Å². The van der Waals surface area contributed by atoms with E-state index < -0.39 is 0 Å². The van der Waals surface area contributed by atoms with Crippen molar-refractivity contribution in [2.24, 2.45) is 0 Å². The summed E-state index contributed by atoms with van der Waals surface area (Å²) < 4.78 is 11.0. The maximum atomic E-state index is 5.85. The Balaban J connectivity index is 1.73. The molecule has 2 nitrogen and oxygen atoms in total. The minimum Gasteiger partial charge on any atom is -0.490 e. The van der Waals surface area contributed by atoms with Crippen LogP contribution in [0.25, 0.3) is 0 Å². The molecule has 0 bridgehead atoms. The fourth-order valence-electron chi connectivity index (χ4n) is 2.53. The molecule has 1 saturated carbocycles. The Morgan fingerprint density at radius 2 is 1.94 bits per heavy atom. The molecule has 1 aliphatic carbocycles. The van der Waals surface area contributed by atoms with Gasteiger partial charge in [-0.15, -0.1) is 0 Å². The van der Waals surface area contributed by atoms with Gasteiger partial charge < -0.3 is 9.47 Å². The summed E-state index contributed by atoms with van der Waals surface area (Å²) >= 11 is 0. The minimum absolute atomic E-state index is 0.344.